The fourth-order valence-corrected chi connectivity index (χ4v) is 3.49. The quantitative estimate of drug-likeness (QED) is 0.636. The second-order valence-electron chi connectivity index (χ2n) is 6.35. The van der Waals surface area contributed by atoms with E-state index in [1.54, 1.807) is 0 Å². The first kappa shape index (κ1) is 17.5. The van der Waals surface area contributed by atoms with Gasteiger partial charge in [0, 0.05) is 27.4 Å². The van der Waals surface area contributed by atoms with Crippen LogP contribution in [0.4, 0.5) is 0 Å². The summed E-state index contributed by atoms with van der Waals surface area (Å²) in [4.78, 5) is 14.0. The minimum atomic E-state index is 0.524. The first-order valence-electron chi connectivity index (χ1n) is 7.53. The summed E-state index contributed by atoms with van der Waals surface area (Å²) in [6.45, 7) is 8.73. The summed E-state index contributed by atoms with van der Waals surface area (Å²) in [6.07, 6.45) is 1.74. The lowest BCUT2D eigenvalue weighted by Crippen LogP contribution is -2.10. The van der Waals surface area contributed by atoms with E-state index >= 15 is 0 Å². The van der Waals surface area contributed by atoms with Crippen LogP contribution < -0.4 is 0 Å². The zero-order valence-electron chi connectivity index (χ0n) is 13.4. The fraction of sp³-hybridized carbons (Fsp3) is 0.471. The maximum Gasteiger partial charge on any atom is 0.163 e. The summed E-state index contributed by atoms with van der Waals surface area (Å²) in [7, 11) is 0. The topological polar surface area (TPSA) is 38.7 Å². The van der Waals surface area contributed by atoms with Crippen molar-refractivity contribution in [1.29, 1.82) is 0 Å². The molecule has 3 nitrogen and oxygen atoms in total. The first-order valence-corrected chi connectivity index (χ1v) is 9.12. The minimum absolute atomic E-state index is 0.524. The second kappa shape index (κ2) is 7.64. The Hall–Kier alpha value is -0.810. The summed E-state index contributed by atoms with van der Waals surface area (Å²) < 4.78 is 2.02. The third kappa shape index (κ3) is 5.13. The van der Waals surface area contributed by atoms with Gasteiger partial charge in [-0.05, 0) is 30.0 Å². The van der Waals surface area contributed by atoms with Gasteiger partial charge in [-0.1, -0.05) is 59.6 Å². The molecular formula is C17H21Br2N3. The van der Waals surface area contributed by atoms with Gasteiger partial charge in [-0.15, -0.1) is 0 Å². The number of hydrogen-bond donors (Lipinski definition) is 0. The van der Waals surface area contributed by atoms with Gasteiger partial charge in [0.25, 0.3) is 0 Å². The Morgan fingerprint density at radius 1 is 0.773 bits per heavy atom. The van der Waals surface area contributed by atoms with Crippen molar-refractivity contribution in [2.24, 2.45) is 11.8 Å². The van der Waals surface area contributed by atoms with Crippen LogP contribution in [0.3, 0.4) is 0 Å². The minimum Gasteiger partial charge on any atom is -0.218 e. The fourth-order valence-electron chi connectivity index (χ4n) is 2.19. The number of benzene rings is 1. The van der Waals surface area contributed by atoms with Gasteiger partial charge in [0.2, 0.25) is 0 Å². The van der Waals surface area contributed by atoms with Crippen molar-refractivity contribution >= 4 is 31.9 Å². The van der Waals surface area contributed by atoms with Crippen LogP contribution in [0, 0.1) is 11.8 Å². The molecule has 0 N–H and O–H groups in total. The molecule has 0 unspecified atom stereocenters. The third-order valence-electron chi connectivity index (χ3n) is 3.03. The highest BCUT2D eigenvalue weighted by molar-refractivity contribution is 9.11. The van der Waals surface area contributed by atoms with Gasteiger partial charge in [0.15, 0.2) is 5.82 Å². The molecule has 1 aromatic carbocycles. The van der Waals surface area contributed by atoms with Crippen molar-refractivity contribution in [3.8, 4) is 11.4 Å². The monoisotopic (exact) mass is 425 g/mol. The van der Waals surface area contributed by atoms with Crippen LogP contribution in [0.25, 0.3) is 11.4 Å². The van der Waals surface area contributed by atoms with E-state index in [4.69, 9.17) is 0 Å². The molecule has 0 amide bonds. The molecule has 5 heteroatoms. The number of nitrogens with zero attached hydrogens (tertiary/aromatic N) is 3. The molecule has 0 saturated carbocycles. The molecule has 0 bridgehead atoms. The maximum absolute atomic E-state index is 4.67. The molecule has 0 spiro atoms. The molecule has 0 aliphatic rings. The number of halogens is 2. The largest absolute Gasteiger partial charge is 0.218 e. The van der Waals surface area contributed by atoms with Crippen LogP contribution >= 0.6 is 31.9 Å². The molecular weight excluding hydrogens is 406 g/mol. The van der Waals surface area contributed by atoms with Crippen LogP contribution in [0.5, 0.6) is 0 Å². The lowest BCUT2D eigenvalue weighted by molar-refractivity contribution is 0.588. The van der Waals surface area contributed by atoms with Crippen LogP contribution in [0.2, 0.25) is 0 Å². The molecule has 0 aliphatic carbocycles. The summed E-state index contributed by atoms with van der Waals surface area (Å²) in [5.41, 5.74) is 0.999. The van der Waals surface area contributed by atoms with Crippen LogP contribution in [0.1, 0.15) is 39.3 Å². The van der Waals surface area contributed by atoms with Crippen molar-refractivity contribution in [1.82, 2.24) is 15.0 Å². The van der Waals surface area contributed by atoms with Gasteiger partial charge in [0.1, 0.15) is 11.6 Å². The van der Waals surface area contributed by atoms with E-state index < -0.39 is 0 Å². The Kier molecular flexibility index (Phi) is 6.09. The zero-order valence-corrected chi connectivity index (χ0v) is 16.6. The van der Waals surface area contributed by atoms with Crippen molar-refractivity contribution < 1.29 is 0 Å². The van der Waals surface area contributed by atoms with Gasteiger partial charge in [-0.25, -0.2) is 15.0 Å². The molecule has 22 heavy (non-hydrogen) atoms. The standard InChI is InChI=1S/C17H21Br2N3/c1-10(2)5-15-20-16(6-11(3)4)22-17(21-15)12-7-13(18)9-14(19)8-12/h7-11H,5-6H2,1-4H3. The Morgan fingerprint density at radius 2 is 1.23 bits per heavy atom. The molecule has 0 fully saturated rings. The Labute approximate surface area is 149 Å². The second-order valence-corrected chi connectivity index (χ2v) is 8.18. The first-order chi connectivity index (χ1) is 10.3. The van der Waals surface area contributed by atoms with E-state index in [1.165, 1.54) is 0 Å². The average molecular weight is 427 g/mol. The molecule has 118 valence electrons. The smallest absolute Gasteiger partial charge is 0.163 e. The molecule has 1 aromatic heterocycles. The van der Waals surface area contributed by atoms with E-state index in [9.17, 15) is 0 Å². The van der Waals surface area contributed by atoms with E-state index in [-0.39, 0.29) is 0 Å². The van der Waals surface area contributed by atoms with Crippen molar-refractivity contribution in [3.63, 3.8) is 0 Å². The summed E-state index contributed by atoms with van der Waals surface area (Å²) >= 11 is 7.05. The van der Waals surface area contributed by atoms with E-state index in [0.717, 1.165) is 44.8 Å². The van der Waals surface area contributed by atoms with Crippen molar-refractivity contribution in [3.05, 3.63) is 38.8 Å². The zero-order chi connectivity index (χ0) is 16.3. The lowest BCUT2D eigenvalue weighted by atomic mass is 10.1. The number of hydrogen-bond acceptors (Lipinski definition) is 3. The van der Waals surface area contributed by atoms with Gasteiger partial charge in [-0.2, -0.15) is 0 Å². The van der Waals surface area contributed by atoms with Gasteiger partial charge in [0.05, 0.1) is 0 Å². The predicted octanol–water partition coefficient (Wildman–Crippen LogP) is 5.46. The number of aromatic nitrogens is 3. The highest BCUT2D eigenvalue weighted by atomic mass is 79.9. The summed E-state index contributed by atoms with van der Waals surface area (Å²) in [5, 5.41) is 0. The molecule has 0 saturated heterocycles. The highest BCUT2D eigenvalue weighted by Gasteiger charge is 2.12. The van der Waals surface area contributed by atoms with Crippen molar-refractivity contribution in [2.75, 3.05) is 0 Å². The van der Waals surface area contributed by atoms with Gasteiger partial charge < -0.3 is 0 Å². The lowest BCUT2D eigenvalue weighted by Gasteiger charge is -2.11. The molecule has 0 aliphatic heterocycles. The third-order valence-corrected chi connectivity index (χ3v) is 3.95. The number of rotatable bonds is 5. The predicted molar refractivity (Wildman–Crippen MR) is 97.7 cm³/mol. The Bertz CT molecular complexity index is 606. The van der Waals surface area contributed by atoms with Gasteiger partial charge in [-0.3, -0.25) is 0 Å². The maximum atomic E-state index is 4.67. The highest BCUT2D eigenvalue weighted by Crippen LogP contribution is 2.26. The Balaban J connectivity index is 2.48. The van der Waals surface area contributed by atoms with Crippen LogP contribution in [0.15, 0.2) is 27.1 Å². The normalized spacial score (nSPS) is 11.5. The van der Waals surface area contributed by atoms with Gasteiger partial charge >= 0.3 is 0 Å². The molecule has 0 atom stereocenters. The molecule has 2 aromatic rings. The molecule has 0 radical (unpaired) electrons. The van der Waals surface area contributed by atoms with Crippen molar-refractivity contribution in [2.45, 2.75) is 40.5 Å². The van der Waals surface area contributed by atoms with Crippen LogP contribution in [-0.2, 0) is 12.8 Å². The summed E-state index contributed by atoms with van der Waals surface area (Å²) in [5.74, 6) is 3.56. The molecule has 1 heterocycles. The molecule has 2 rings (SSSR count). The summed E-state index contributed by atoms with van der Waals surface area (Å²) in [6, 6.07) is 6.09. The van der Waals surface area contributed by atoms with Crippen LogP contribution in [-0.4, -0.2) is 15.0 Å². The SMILES string of the molecule is CC(C)Cc1nc(CC(C)C)nc(-c2cc(Br)cc(Br)c2)n1. The van der Waals surface area contributed by atoms with E-state index in [1.807, 2.05) is 18.2 Å². The van der Waals surface area contributed by atoms with E-state index in [0.29, 0.717) is 11.8 Å². The average Bonchev–Trinajstić information content (AvgIpc) is 2.35. The Morgan fingerprint density at radius 3 is 1.64 bits per heavy atom. The van der Waals surface area contributed by atoms with E-state index in [2.05, 4.69) is 74.5 Å².